The van der Waals surface area contributed by atoms with Gasteiger partial charge in [0.05, 0.1) is 4.88 Å². The molecule has 0 radical (unpaired) electrons. The van der Waals surface area contributed by atoms with E-state index in [0.717, 1.165) is 25.7 Å². The SMILES string of the molecule is CSc1nnc(SCCCC(=O)c2cccs2)s1. The van der Waals surface area contributed by atoms with Gasteiger partial charge in [0.25, 0.3) is 0 Å². The van der Waals surface area contributed by atoms with Crippen LogP contribution in [0, 0.1) is 0 Å². The van der Waals surface area contributed by atoms with Crippen LogP contribution < -0.4 is 0 Å². The first kappa shape index (κ1) is 14.0. The van der Waals surface area contributed by atoms with Gasteiger partial charge in [-0.25, -0.2) is 0 Å². The van der Waals surface area contributed by atoms with Crippen molar-refractivity contribution in [3.8, 4) is 0 Å². The summed E-state index contributed by atoms with van der Waals surface area (Å²) in [6, 6.07) is 3.80. The van der Waals surface area contributed by atoms with Crippen molar-refractivity contribution in [3.05, 3.63) is 22.4 Å². The number of hydrogen-bond donors (Lipinski definition) is 0. The Bertz CT molecular complexity index is 495. The van der Waals surface area contributed by atoms with Crippen LogP contribution in [-0.4, -0.2) is 28.0 Å². The van der Waals surface area contributed by atoms with Crippen molar-refractivity contribution in [1.82, 2.24) is 10.2 Å². The molecule has 0 atom stereocenters. The highest BCUT2D eigenvalue weighted by Gasteiger charge is 2.07. The summed E-state index contributed by atoms with van der Waals surface area (Å²) in [6.45, 7) is 0. The molecule has 0 fully saturated rings. The lowest BCUT2D eigenvalue weighted by molar-refractivity contribution is 0.0986. The van der Waals surface area contributed by atoms with Crippen molar-refractivity contribution in [3.63, 3.8) is 0 Å². The summed E-state index contributed by atoms with van der Waals surface area (Å²) in [4.78, 5) is 12.6. The van der Waals surface area contributed by atoms with E-state index in [9.17, 15) is 4.79 Å². The molecule has 0 bridgehead atoms. The number of ketones is 1. The van der Waals surface area contributed by atoms with E-state index in [4.69, 9.17) is 0 Å². The summed E-state index contributed by atoms with van der Waals surface area (Å²) in [5.74, 6) is 1.16. The minimum absolute atomic E-state index is 0.243. The molecule has 96 valence electrons. The molecule has 0 aliphatic rings. The van der Waals surface area contributed by atoms with Gasteiger partial charge < -0.3 is 0 Å². The Morgan fingerprint density at radius 2 is 2.22 bits per heavy atom. The number of nitrogens with zero attached hydrogens (tertiary/aromatic N) is 2. The maximum Gasteiger partial charge on any atom is 0.175 e. The molecule has 3 nitrogen and oxygen atoms in total. The van der Waals surface area contributed by atoms with Gasteiger partial charge in [0, 0.05) is 12.2 Å². The summed E-state index contributed by atoms with van der Waals surface area (Å²) >= 11 is 6.41. The quantitative estimate of drug-likeness (QED) is 0.437. The second-order valence-electron chi connectivity index (χ2n) is 3.39. The highest BCUT2D eigenvalue weighted by Crippen LogP contribution is 2.28. The van der Waals surface area contributed by atoms with Crippen LogP contribution in [0.2, 0.25) is 0 Å². The largest absolute Gasteiger partial charge is 0.293 e. The zero-order valence-electron chi connectivity index (χ0n) is 9.79. The van der Waals surface area contributed by atoms with Gasteiger partial charge in [0.2, 0.25) is 0 Å². The van der Waals surface area contributed by atoms with Gasteiger partial charge in [-0.3, -0.25) is 4.79 Å². The van der Waals surface area contributed by atoms with E-state index in [2.05, 4.69) is 10.2 Å². The molecular weight excluding hydrogens is 304 g/mol. The second kappa shape index (κ2) is 7.28. The topological polar surface area (TPSA) is 42.9 Å². The van der Waals surface area contributed by atoms with Crippen LogP contribution >= 0.6 is 46.2 Å². The zero-order valence-corrected chi connectivity index (χ0v) is 13.1. The summed E-state index contributed by atoms with van der Waals surface area (Å²) in [5.41, 5.74) is 0. The minimum atomic E-state index is 0.243. The molecule has 2 heterocycles. The predicted molar refractivity (Wildman–Crippen MR) is 80.3 cm³/mol. The van der Waals surface area contributed by atoms with Crippen molar-refractivity contribution < 1.29 is 4.79 Å². The van der Waals surface area contributed by atoms with Crippen molar-refractivity contribution in [2.24, 2.45) is 0 Å². The average Bonchev–Trinajstić information content (AvgIpc) is 3.05. The highest BCUT2D eigenvalue weighted by molar-refractivity contribution is 8.02. The van der Waals surface area contributed by atoms with Gasteiger partial charge in [-0.1, -0.05) is 40.9 Å². The highest BCUT2D eigenvalue weighted by atomic mass is 32.2. The first-order chi connectivity index (χ1) is 8.79. The molecule has 0 saturated carbocycles. The Balaban J connectivity index is 1.68. The molecule has 0 saturated heterocycles. The van der Waals surface area contributed by atoms with Crippen molar-refractivity contribution in [2.45, 2.75) is 21.5 Å². The Labute approximate surface area is 122 Å². The number of rotatable bonds is 7. The van der Waals surface area contributed by atoms with Crippen LogP contribution in [-0.2, 0) is 0 Å². The van der Waals surface area contributed by atoms with Gasteiger partial charge in [0.1, 0.15) is 0 Å². The number of thioether (sulfide) groups is 2. The monoisotopic (exact) mass is 316 g/mol. The Morgan fingerprint density at radius 3 is 2.89 bits per heavy atom. The number of hydrogen-bond acceptors (Lipinski definition) is 7. The molecule has 0 aliphatic heterocycles. The van der Waals surface area contributed by atoms with E-state index in [0.29, 0.717) is 6.42 Å². The molecule has 2 aromatic heterocycles. The normalized spacial score (nSPS) is 10.7. The van der Waals surface area contributed by atoms with Gasteiger partial charge in [-0.15, -0.1) is 21.5 Å². The molecule has 2 aromatic rings. The first-order valence-corrected chi connectivity index (χ1v) is 9.27. The third-order valence-electron chi connectivity index (χ3n) is 2.13. The maximum atomic E-state index is 11.7. The maximum absolute atomic E-state index is 11.7. The van der Waals surface area contributed by atoms with E-state index in [1.807, 2.05) is 23.8 Å². The van der Waals surface area contributed by atoms with E-state index >= 15 is 0 Å². The van der Waals surface area contributed by atoms with Crippen LogP contribution in [0.3, 0.4) is 0 Å². The zero-order chi connectivity index (χ0) is 12.8. The van der Waals surface area contributed by atoms with Crippen molar-refractivity contribution >= 4 is 52.0 Å². The molecule has 0 aliphatic carbocycles. The molecule has 18 heavy (non-hydrogen) atoms. The van der Waals surface area contributed by atoms with Gasteiger partial charge >= 0.3 is 0 Å². The van der Waals surface area contributed by atoms with Crippen LogP contribution in [0.1, 0.15) is 22.5 Å². The van der Waals surface area contributed by atoms with Gasteiger partial charge in [-0.05, 0) is 24.1 Å². The minimum Gasteiger partial charge on any atom is -0.293 e. The molecule has 0 spiro atoms. The summed E-state index contributed by atoms with van der Waals surface area (Å²) in [7, 11) is 0. The molecule has 0 unspecified atom stereocenters. The molecule has 0 amide bonds. The standard InChI is InChI=1S/C11H12N2OS4/c1-15-10-12-13-11(18-10)17-7-2-4-8(14)9-5-3-6-16-9/h3,5-6H,2,4,7H2,1H3. The molecule has 7 heteroatoms. The van der Waals surface area contributed by atoms with E-state index < -0.39 is 0 Å². The van der Waals surface area contributed by atoms with Crippen molar-refractivity contribution in [2.75, 3.05) is 12.0 Å². The number of aromatic nitrogens is 2. The lowest BCUT2D eigenvalue weighted by Gasteiger charge is -1.97. The van der Waals surface area contributed by atoms with E-state index in [-0.39, 0.29) is 5.78 Å². The summed E-state index contributed by atoms with van der Waals surface area (Å²) in [6.07, 6.45) is 3.49. The Morgan fingerprint density at radius 1 is 1.39 bits per heavy atom. The molecular formula is C11H12N2OS4. The third-order valence-corrected chi connectivity index (χ3v) is 6.16. The average molecular weight is 316 g/mol. The van der Waals surface area contributed by atoms with Gasteiger partial charge in [-0.2, -0.15) is 0 Å². The number of Topliss-reactive ketones (excluding diaryl/α,β-unsaturated/α-hetero) is 1. The predicted octanol–water partition coefficient (Wildman–Crippen LogP) is 4.08. The van der Waals surface area contributed by atoms with Gasteiger partial charge in [0.15, 0.2) is 14.5 Å². The third kappa shape index (κ3) is 4.08. The fraction of sp³-hybridized carbons (Fsp3) is 0.364. The molecule has 2 rings (SSSR count). The smallest absolute Gasteiger partial charge is 0.175 e. The fourth-order valence-corrected chi connectivity index (χ4v) is 4.43. The van der Waals surface area contributed by atoms with Crippen LogP contribution in [0.25, 0.3) is 0 Å². The van der Waals surface area contributed by atoms with E-state index in [1.54, 1.807) is 34.9 Å². The van der Waals surface area contributed by atoms with Crippen LogP contribution in [0.4, 0.5) is 0 Å². The first-order valence-electron chi connectivity index (χ1n) is 5.36. The summed E-state index contributed by atoms with van der Waals surface area (Å²) in [5, 5.41) is 10.1. The molecule has 0 N–H and O–H groups in total. The number of carbonyl (C=O) groups excluding carboxylic acids is 1. The number of carbonyl (C=O) groups is 1. The lowest BCUT2D eigenvalue weighted by atomic mass is 10.2. The Hall–Kier alpha value is -0.370. The molecule has 0 aromatic carbocycles. The lowest BCUT2D eigenvalue weighted by Crippen LogP contribution is -1.96. The van der Waals surface area contributed by atoms with Crippen LogP contribution in [0.5, 0.6) is 0 Å². The second-order valence-corrected chi connectivity index (χ2v) is 7.71. The summed E-state index contributed by atoms with van der Waals surface area (Å²) < 4.78 is 1.98. The Kier molecular flexibility index (Phi) is 5.68. The van der Waals surface area contributed by atoms with Crippen LogP contribution in [0.15, 0.2) is 26.2 Å². The van der Waals surface area contributed by atoms with E-state index in [1.165, 1.54) is 11.3 Å². The fourth-order valence-electron chi connectivity index (χ4n) is 1.29. The number of thiophene rings is 1. The van der Waals surface area contributed by atoms with Crippen molar-refractivity contribution in [1.29, 1.82) is 0 Å².